The van der Waals surface area contributed by atoms with Crippen LogP contribution in [0.2, 0.25) is 0 Å². The van der Waals surface area contributed by atoms with Crippen molar-refractivity contribution in [3.63, 3.8) is 0 Å². The van der Waals surface area contributed by atoms with Gasteiger partial charge in [0.15, 0.2) is 5.82 Å². The summed E-state index contributed by atoms with van der Waals surface area (Å²) in [5, 5.41) is 1.23. The smallest absolute Gasteiger partial charge is 0.165 e. The second-order valence-corrected chi connectivity index (χ2v) is 2.18. The van der Waals surface area contributed by atoms with E-state index < -0.39 is 5.82 Å². The Balaban J connectivity index is 3.09. The molecule has 0 amide bonds. The summed E-state index contributed by atoms with van der Waals surface area (Å²) in [6.45, 7) is 0. The molecule has 1 rings (SSSR count). The molecule has 11 heavy (non-hydrogen) atoms. The summed E-state index contributed by atoms with van der Waals surface area (Å²) < 4.78 is 12.4. The topological polar surface area (TPSA) is 68.2 Å². The predicted octanol–water partition coefficient (Wildman–Crippen LogP) is 0.113. The van der Waals surface area contributed by atoms with Gasteiger partial charge in [-0.15, -0.1) is 0 Å². The second-order valence-electron chi connectivity index (χ2n) is 2.18. The largest absolute Gasteiger partial charge is 0.396 e. The van der Waals surface area contributed by atoms with Gasteiger partial charge in [-0.25, -0.2) is 15.2 Å². The highest BCUT2D eigenvalue weighted by molar-refractivity contribution is 5.60. The summed E-state index contributed by atoms with van der Waals surface area (Å²) >= 11 is 0. The molecule has 5 heteroatoms. The van der Waals surface area contributed by atoms with Gasteiger partial charge in [0.25, 0.3) is 0 Å². The molecule has 0 saturated carbocycles. The number of hydrogen-bond donors (Lipinski definition) is 2. The molecule has 0 fully saturated rings. The van der Waals surface area contributed by atoms with Gasteiger partial charge in [-0.05, 0) is 0 Å². The van der Waals surface area contributed by atoms with Gasteiger partial charge in [0.2, 0.25) is 0 Å². The van der Waals surface area contributed by atoms with Crippen LogP contribution in [0, 0.1) is 5.82 Å². The molecule has 1 aromatic rings. The summed E-state index contributed by atoms with van der Waals surface area (Å²) in [6.07, 6.45) is 1.06. The van der Waals surface area contributed by atoms with Crippen molar-refractivity contribution in [3.8, 4) is 0 Å². The molecule has 0 spiro atoms. The molecule has 0 radical (unpaired) electrons. The summed E-state index contributed by atoms with van der Waals surface area (Å²) in [5.74, 6) is 5.24. The Labute approximate surface area is 63.6 Å². The van der Waals surface area contributed by atoms with Gasteiger partial charge in [0.05, 0.1) is 11.9 Å². The van der Waals surface area contributed by atoms with Gasteiger partial charge in [-0.1, -0.05) is 0 Å². The van der Waals surface area contributed by atoms with Crippen molar-refractivity contribution >= 4 is 11.5 Å². The zero-order valence-electron chi connectivity index (χ0n) is 6.08. The van der Waals surface area contributed by atoms with Crippen LogP contribution in [-0.4, -0.2) is 12.0 Å². The average Bonchev–Trinajstić information content (AvgIpc) is 1.85. The molecule has 0 saturated heterocycles. The molecule has 0 bridgehead atoms. The lowest BCUT2D eigenvalue weighted by Gasteiger charge is -2.12. The molecular weight excluding hydrogens is 147 g/mol. The highest BCUT2D eigenvalue weighted by Crippen LogP contribution is 2.16. The minimum absolute atomic E-state index is 0.231. The molecule has 0 aliphatic rings. The first kappa shape index (κ1) is 7.74. The van der Waals surface area contributed by atoms with Crippen molar-refractivity contribution in [3.05, 3.63) is 18.1 Å². The first-order valence-electron chi connectivity index (χ1n) is 3.00. The molecular formula is C6H9FN4. The van der Waals surface area contributed by atoms with E-state index in [0.29, 0.717) is 5.82 Å². The Morgan fingerprint density at radius 1 is 1.64 bits per heavy atom. The van der Waals surface area contributed by atoms with Gasteiger partial charge in [0.1, 0.15) is 5.82 Å². The van der Waals surface area contributed by atoms with Gasteiger partial charge in [-0.2, -0.15) is 0 Å². The van der Waals surface area contributed by atoms with Crippen molar-refractivity contribution in [1.82, 2.24) is 4.98 Å². The maximum Gasteiger partial charge on any atom is 0.165 e. The number of hydrogen-bond acceptors (Lipinski definition) is 4. The highest BCUT2D eigenvalue weighted by Gasteiger charge is 2.03. The molecule has 0 aromatic carbocycles. The van der Waals surface area contributed by atoms with Gasteiger partial charge >= 0.3 is 0 Å². The average molecular weight is 156 g/mol. The van der Waals surface area contributed by atoms with Crippen LogP contribution in [0.3, 0.4) is 0 Å². The number of aromatic nitrogens is 1. The number of nitrogen functional groups attached to an aromatic ring is 1. The third-order valence-electron chi connectivity index (χ3n) is 1.20. The lowest BCUT2D eigenvalue weighted by atomic mass is 10.4. The second kappa shape index (κ2) is 2.71. The van der Waals surface area contributed by atoms with Crippen molar-refractivity contribution in [2.45, 2.75) is 0 Å². The van der Waals surface area contributed by atoms with E-state index in [1.165, 1.54) is 11.1 Å². The SMILES string of the molecule is CN(N)c1ncc(F)cc1N. The third-order valence-corrected chi connectivity index (χ3v) is 1.20. The molecule has 0 atom stereocenters. The Morgan fingerprint density at radius 3 is 2.73 bits per heavy atom. The van der Waals surface area contributed by atoms with Crippen LogP contribution in [0.4, 0.5) is 15.9 Å². The summed E-state index contributed by atoms with van der Waals surface area (Å²) in [4.78, 5) is 3.68. The van der Waals surface area contributed by atoms with Crippen molar-refractivity contribution in [2.24, 2.45) is 5.84 Å². The predicted molar refractivity (Wildman–Crippen MR) is 41.2 cm³/mol. The van der Waals surface area contributed by atoms with Crippen LogP contribution in [-0.2, 0) is 0 Å². The number of rotatable bonds is 1. The lowest BCUT2D eigenvalue weighted by Crippen LogP contribution is -2.27. The molecule has 0 aliphatic heterocycles. The van der Waals surface area contributed by atoms with E-state index in [1.807, 2.05) is 0 Å². The number of nitrogens with zero attached hydrogens (tertiary/aromatic N) is 2. The van der Waals surface area contributed by atoms with E-state index in [0.717, 1.165) is 6.20 Å². The maximum atomic E-state index is 12.4. The first-order chi connectivity index (χ1) is 5.11. The number of nitrogens with two attached hydrogens (primary N) is 2. The van der Waals surface area contributed by atoms with Crippen LogP contribution >= 0.6 is 0 Å². The fraction of sp³-hybridized carbons (Fsp3) is 0.167. The molecule has 0 unspecified atom stereocenters. The standard InChI is InChI=1S/C6H9FN4/c1-11(9)6-5(8)2-4(7)3-10-6/h2-3H,8-9H2,1H3. The quantitative estimate of drug-likeness (QED) is 0.447. The summed E-state index contributed by atoms with van der Waals surface area (Å²) in [7, 11) is 1.58. The fourth-order valence-electron chi connectivity index (χ4n) is 0.742. The van der Waals surface area contributed by atoms with E-state index in [9.17, 15) is 4.39 Å². The lowest BCUT2D eigenvalue weighted by molar-refractivity contribution is 0.622. The molecule has 0 aliphatic carbocycles. The van der Waals surface area contributed by atoms with Gasteiger partial charge < -0.3 is 5.73 Å². The third kappa shape index (κ3) is 1.56. The summed E-state index contributed by atoms with van der Waals surface area (Å²) in [6, 6.07) is 1.17. The fourth-order valence-corrected chi connectivity index (χ4v) is 0.742. The van der Waals surface area contributed by atoms with E-state index in [-0.39, 0.29) is 5.69 Å². The van der Waals surface area contributed by atoms with Crippen LogP contribution < -0.4 is 16.6 Å². The molecule has 1 heterocycles. The normalized spacial score (nSPS) is 9.73. The van der Waals surface area contributed by atoms with Crippen molar-refractivity contribution in [1.29, 1.82) is 0 Å². The number of pyridine rings is 1. The monoisotopic (exact) mass is 156 g/mol. The highest BCUT2D eigenvalue weighted by atomic mass is 19.1. The van der Waals surface area contributed by atoms with Crippen LogP contribution in [0.1, 0.15) is 0 Å². The number of hydrazine groups is 1. The number of halogens is 1. The van der Waals surface area contributed by atoms with Gasteiger partial charge in [0, 0.05) is 13.1 Å². The van der Waals surface area contributed by atoms with Crippen molar-refractivity contribution < 1.29 is 4.39 Å². The first-order valence-corrected chi connectivity index (χ1v) is 3.00. The zero-order chi connectivity index (χ0) is 8.43. The minimum atomic E-state index is -0.465. The Morgan fingerprint density at radius 2 is 2.27 bits per heavy atom. The van der Waals surface area contributed by atoms with Crippen LogP contribution in [0.5, 0.6) is 0 Å². The minimum Gasteiger partial charge on any atom is -0.396 e. The van der Waals surface area contributed by atoms with E-state index in [2.05, 4.69) is 4.98 Å². The van der Waals surface area contributed by atoms with Crippen molar-refractivity contribution in [2.75, 3.05) is 17.8 Å². The van der Waals surface area contributed by atoms with E-state index >= 15 is 0 Å². The van der Waals surface area contributed by atoms with E-state index in [4.69, 9.17) is 11.6 Å². The Hall–Kier alpha value is -1.36. The number of anilines is 2. The van der Waals surface area contributed by atoms with Crippen LogP contribution in [0.15, 0.2) is 12.3 Å². The van der Waals surface area contributed by atoms with E-state index in [1.54, 1.807) is 7.05 Å². The Kier molecular flexibility index (Phi) is 1.91. The zero-order valence-corrected chi connectivity index (χ0v) is 6.08. The Bertz CT molecular complexity index is 261. The maximum absolute atomic E-state index is 12.4. The molecule has 60 valence electrons. The van der Waals surface area contributed by atoms with Crippen LogP contribution in [0.25, 0.3) is 0 Å². The molecule has 4 N–H and O–H groups in total. The molecule has 1 aromatic heterocycles. The summed E-state index contributed by atoms with van der Waals surface area (Å²) in [5.41, 5.74) is 5.63. The molecule has 4 nitrogen and oxygen atoms in total. The van der Waals surface area contributed by atoms with Gasteiger partial charge in [-0.3, -0.25) is 5.01 Å².